The monoisotopic (exact) mass is 530 g/mol. The standard InChI is InChI=1S/C24H30N6O8/c1-29(2)15(20(31)35-9-13-5-3-4-6-13)10-36-22(33)37-17-18-24(17,34)21(32)23(11-25,38-18)16-8-7-14-19(26)27-12-28-30(14)16/h7-8,12-13,15,17-18,21,32,34H,3-6,9-10H2,1-2H3,(H2,26,27,28)/t15-,17?,18+,21-,23-,24+/m0/s1. The lowest BCUT2D eigenvalue weighted by molar-refractivity contribution is -0.152. The van der Waals surface area contributed by atoms with Gasteiger partial charge in [0.1, 0.15) is 42.8 Å². The van der Waals surface area contributed by atoms with Crippen LogP contribution < -0.4 is 5.73 Å². The van der Waals surface area contributed by atoms with E-state index in [0.29, 0.717) is 18.0 Å². The molecule has 3 fully saturated rings. The SMILES string of the molecule is CN(C)[C@@H](COC(=O)OC1[C@H]2O[C@@](C#N)(c3ccc4c(N)ncnn34)[C@H](O)[C@@]12O)C(=O)OCC1CCCC1. The first-order chi connectivity index (χ1) is 18.1. The number of carbonyl (C=O) groups is 2. The van der Waals surface area contributed by atoms with Crippen LogP contribution in [-0.4, -0.2) is 99.1 Å². The van der Waals surface area contributed by atoms with E-state index < -0.39 is 47.7 Å². The quantitative estimate of drug-likeness (QED) is 0.377. The lowest BCUT2D eigenvalue weighted by Gasteiger charge is -2.29. The average Bonchev–Trinajstić information content (AvgIpc) is 3.38. The molecule has 3 heterocycles. The number of rotatable bonds is 8. The van der Waals surface area contributed by atoms with E-state index in [1.54, 1.807) is 25.1 Å². The number of hydrogen-bond donors (Lipinski definition) is 3. The second-order valence-electron chi connectivity index (χ2n) is 10.2. The van der Waals surface area contributed by atoms with Gasteiger partial charge in [0, 0.05) is 0 Å². The number of aliphatic hydroxyl groups excluding tert-OH is 1. The maximum Gasteiger partial charge on any atom is 0.508 e. The van der Waals surface area contributed by atoms with Gasteiger partial charge in [-0.15, -0.1) is 0 Å². The van der Waals surface area contributed by atoms with Crippen LogP contribution in [-0.2, 0) is 29.3 Å². The highest BCUT2D eigenvalue weighted by atomic mass is 16.8. The first kappa shape index (κ1) is 26.1. The zero-order valence-electron chi connectivity index (χ0n) is 21.0. The van der Waals surface area contributed by atoms with Crippen LogP contribution in [0.5, 0.6) is 0 Å². The van der Waals surface area contributed by atoms with Gasteiger partial charge in [0.2, 0.25) is 5.60 Å². The average molecular weight is 531 g/mol. The second-order valence-corrected chi connectivity index (χ2v) is 10.2. The maximum absolute atomic E-state index is 12.5. The predicted molar refractivity (Wildman–Crippen MR) is 127 cm³/mol. The summed E-state index contributed by atoms with van der Waals surface area (Å²) >= 11 is 0. The molecule has 1 unspecified atom stereocenters. The summed E-state index contributed by atoms with van der Waals surface area (Å²) in [6.07, 6.45) is 0.0396. The summed E-state index contributed by atoms with van der Waals surface area (Å²) in [7, 11) is 3.30. The molecule has 4 N–H and O–H groups in total. The number of likely N-dealkylation sites (N-methyl/N-ethyl adjacent to an activating group) is 1. The molecule has 0 aromatic carbocycles. The van der Waals surface area contributed by atoms with Crippen molar-refractivity contribution in [3.63, 3.8) is 0 Å². The van der Waals surface area contributed by atoms with Crippen LogP contribution in [0.3, 0.4) is 0 Å². The van der Waals surface area contributed by atoms with Gasteiger partial charge in [-0.25, -0.2) is 14.3 Å². The number of aliphatic hydroxyl groups is 2. The van der Waals surface area contributed by atoms with Crippen molar-refractivity contribution in [2.75, 3.05) is 33.0 Å². The maximum atomic E-state index is 12.5. The van der Waals surface area contributed by atoms with Crippen LogP contribution in [0.1, 0.15) is 31.4 Å². The van der Waals surface area contributed by atoms with Crippen molar-refractivity contribution in [1.82, 2.24) is 19.5 Å². The molecule has 14 heteroatoms. The largest absolute Gasteiger partial charge is 0.508 e. The number of nitrogens with two attached hydrogens (primary N) is 1. The number of nitrogen functional groups attached to an aromatic ring is 1. The number of aromatic nitrogens is 3. The summed E-state index contributed by atoms with van der Waals surface area (Å²) in [4.78, 5) is 30.4. The smallest absolute Gasteiger partial charge is 0.464 e. The second kappa shape index (κ2) is 9.66. The van der Waals surface area contributed by atoms with Crippen LogP contribution in [0.4, 0.5) is 10.6 Å². The van der Waals surface area contributed by atoms with Gasteiger partial charge < -0.3 is 34.9 Å². The molecule has 0 spiro atoms. The van der Waals surface area contributed by atoms with Crippen LogP contribution in [0.2, 0.25) is 0 Å². The third kappa shape index (κ3) is 4.11. The Kier molecular flexibility index (Phi) is 6.64. The van der Waals surface area contributed by atoms with E-state index in [9.17, 15) is 25.1 Å². The Morgan fingerprint density at radius 1 is 1.34 bits per heavy atom. The Hall–Kier alpha value is -3.51. The molecule has 0 amide bonds. The number of anilines is 1. The van der Waals surface area contributed by atoms with Crippen molar-refractivity contribution in [2.45, 2.75) is 61.2 Å². The molecule has 5 rings (SSSR count). The van der Waals surface area contributed by atoms with Gasteiger partial charge in [-0.1, -0.05) is 12.8 Å². The highest BCUT2D eigenvalue weighted by Crippen LogP contribution is 2.59. The normalized spacial score (nSPS) is 31.1. The molecule has 2 aromatic heterocycles. The number of hydrogen-bond acceptors (Lipinski definition) is 13. The van der Waals surface area contributed by atoms with E-state index >= 15 is 0 Å². The number of nitrogens with zero attached hydrogens (tertiary/aromatic N) is 5. The van der Waals surface area contributed by atoms with Gasteiger partial charge in [0.25, 0.3) is 0 Å². The molecule has 1 aliphatic heterocycles. The van der Waals surface area contributed by atoms with Gasteiger partial charge in [-0.2, -0.15) is 10.4 Å². The summed E-state index contributed by atoms with van der Waals surface area (Å²) in [6.45, 7) is -0.0101. The molecule has 2 aliphatic carbocycles. The first-order valence-electron chi connectivity index (χ1n) is 12.4. The number of fused-ring (bicyclic) bond motifs is 2. The topological polar surface area (TPSA) is 195 Å². The van der Waals surface area contributed by atoms with E-state index in [1.807, 2.05) is 6.07 Å². The molecule has 6 atom stereocenters. The van der Waals surface area contributed by atoms with Crippen LogP contribution in [0.15, 0.2) is 18.5 Å². The Balaban J connectivity index is 1.20. The summed E-state index contributed by atoms with van der Waals surface area (Å²) in [5.41, 5.74) is 2.30. The van der Waals surface area contributed by atoms with Gasteiger partial charge in [0.15, 0.2) is 17.5 Å². The van der Waals surface area contributed by atoms with Crippen molar-refractivity contribution < 1.29 is 38.7 Å². The van der Waals surface area contributed by atoms with Gasteiger partial charge in [0.05, 0.1) is 12.3 Å². The summed E-state index contributed by atoms with van der Waals surface area (Å²) in [5, 5.41) is 36.1. The molecule has 14 nitrogen and oxygen atoms in total. The van der Waals surface area contributed by atoms with Crippen molar-refractivity contribution in [3.8, 4) is 6.07 Å². The molecule has 0 bridgehead atoms. The fourth-order valence-corrected chi connectivity index (χ4v) is 5.31. The van der Waals surface area contributed by atoms with Gasteiger partial charge >= 0.3 is 12.1 Å². The van der Waals surface area contributed by atoms with Crippen LogP contribution in [0.25, 0.3) is 5.52 Å². The van der Waals surface area contributed by atoms with Crippen molar-refractivity contribution >= 4 is 23.5 Å². The van der Waals surface area contributed by atoms with Crippen LogP contribution >= 0.6 is 0 Å². The fourth-order valence-electron chi connectivity index (χ4n) is 5.31. The Labute approximate surface area is 217 Å². The molecule has 2 saturated carbocycles. The van der Waals surface area contributed by atoms with Gasteiger partial charge in [-0.3, -0.25) is 9.69 Å². The lowest BCUT2D eigenvalue weighted by Crippen LogP contribution is -2.48. The minimum absolute atomic E-state index is 0.128. The predicted octanol–water partition coefficient (Wildman–Crippen LogP) is -0.280. The number of carbonyl (C=O) groups excluding carboxylic acids is 2. The minimum Gasteiger partial charge on any atom is -0.464 e. The van der Waals surface area contributed by atoms with E-state index in [-0.39, 0.29) is 18.1 Å². The van der Waals surface area contributed by atoms with Crippen molar-refractivity contribution in [3.05, 3.63) is 24.2 Å². The molecule has 3 aliphatic rings. The first-order valence-corrected chi connectivity index (χ1v) is 12.4. The highest BCUT2D eigenvalue weighted by Gasteiger charge is 2.84. The third-order valence-electron chi connectivity index (χ3n) is 7.66. The van der Waals surface area contributed by atoms with Crippen LogP contribution in [0, 0.1) is 17.2 Å². The minimum atomic E-state index is -2.06. The van der Waals surface area contributed by atoms with E-state index in [4.69, 9.17) is 24.7 Å². The Bertz CT molecular complexity index is 1270. The van der Waals surface area contributed by atoms with E-state index in [0.717, 1.165) is 25.7 Å². The zero-order chi connectivity index (χ0) is 27.2. The van der Waals surface area contributed by atoms with E-state index in [2.05, 4.69) is 10.1 Å². The molecular formula is C24H30N6O8. The van der Waals surface area contributed by atoms with Gasteiger partial charge in [-0.05, 0) is 45.0 Å². The molecular weight excluding hydrogens is 500 g/mol. The number of ether oxygens (including phenoxy) is 4. The Morgan fingerprint density at radius 2 is 2.08 bits per heavy atom. The molecule has 2 aromatic rings. The molecule has 0 radical (unpaired) electrons. The zero-order valence-corrected chi connectivity index (χ0v) is 21.0. The van der Waals surface area contributed by atoms with Crippen molar-refractivity contribution in [1.29, 1.82) is 5.26 Å². The fraction of sp³-hybridized carbons (Fsp3) is 0.625. The van der Waals surface area contributed by atoms with Crippen molar-refractivity contribution in [2.24, 2.45) is 5.92 Å². The molecule has 38 heavy (non-hydrogen) atoms. The molecule has 1 saturated heterocycles. The number of esters is 1. The summed E-state index contributed by atoms with van der Waals surface area (Å²) in [6, 6.07) is 4.10. The third-order valence-corrected chi connectivity index (χ3v) is 7.66. The number of nitriles is 1. The lowest BCUT2D eigenvalue weighted by atomic mass is 9.90. The van der Waals surface area contributed by atoms with E-state index in [1.165, 1.54) is 16.9 Å². The highest BCUT2D eigenvalue weighted by molar-refractivity contribution is 5.76. The summed E-state index contributed by atoms with van der Waals surface area (Å²) < 4.78 is 22.8. The molecule has 204 valence electrons. The Morgan fingerprint density at radius 3 is 2.71 bits per heavy atom. The summed E-state index contributed by atoms with van der Waals surface area (Å²) in [5.74, 6) is -0.0136.